The lowest BCUT2D eigenvalue weighted by Crippen LogP contribution is -2.05. The molecule has 0 bridgehead atoms. The second kappa shape index (κ2) is 5.16. The molecule has 3 aromatic rings. The van der Waals surface area contributed by atoms with Crippen molar-refractivity contribution in [2.75, 3.05) is 0 Å². The van der Waals surface area contributed by atoms with E-state index in [9.17, 15) is 0 Å². The number of rotatable bonds is 3. The fourth-order valence-corrected chi connectivity index (χ4v) is 1.88. The van der Waals surface area contributed by atoms with Crippen LogP contribution in [0.2, 0.25) is 5.15 Å². The molecule has 2 aromatic heterocycles. The third kappa shape index (κ3) is 2.61. The summed E-state index contributed by atoms with van der Waals surface area (Å²) in [5.41, 5.74) is 1.80. The van der Waals surface area contributed by atoms with Crippen LogP contribution in [-0.2, 0) is 6.54 Å². The van der Waals surface area contributed by atoms with Gasteiger partial charge in [0, 0.05) is 17.3 Å². The van der Waals surface area contributed by atoms with Crippen molar-refractivity contribution >= 4 is 11.6 Å². The maximum atomic E-state index is 6.00. The summed E-state index contributed by atoms with van der Waals surface area (Å²) < 4.78 is 0. The van der Waals surface area contributed by atoms with Gasteiger partial charge in [0.2, 0.25) is 5.82 Å². The standard InChI is InChI=1S/C13H10ClN5/c14-12-11(7-4-8-15-12)9-19-17-13(16-18-19)10-5-2-1-3-6-10/h1-8H,9H2. The third-order valence-electron chi connectivity index (χ3n) is 2.63. The molecule has 0 unspecified atom stereocenters. The van der Waals surface area contributed by atoms with Gasteiger partial charge in [-0.3, -0.25) is 0 Å². The second-order valence-corrected chi connectivity index (χ2v) is 4.32. The fraction of sp³-hybridized carbons (Fsp3) is 0.0769. The number of hydrogen-bond acceptors (Lipinski definition) is 4. The molecule has 0 spiro atoms. The highest BCUT2D eigenvalue weighted by atomic mass is 35.5. The molecular formula is C13H10ClN5. The molecule has 3 rings (SSSR count). The molecule has 0 saturated heterocycles. The summed E-state index contributed by atoms with van der Waals surface area (Å²) in [6.45, 7) is 0.451. The molecule has 6 heteroatoms. The first-order valence-electron chi connectivity index (χ1n) is 5.75. The SMILES string of the molecule is Clc1ncccc1Cn1nnc(-c2ccccc2)n1. The van der Waals surface area contributed by atoms with Crippen LogP contribution in [0.5, 0.6) is 0 Å². The van der Waals surface area contributed by atoms with Gasteiger partial charge in [-0.25, -0.2) is 4.98 Å². The molecule has 0 radical (unpaired) electrons. The van der Waals surface area contributed by atoms with Crippen molar-refractivity contribution in [1.82, 2.24) is 25.2 Å². The van der Waals surface area contributed by atoms with Gasteiger partial charge in [0.25, 0.3) is 0 Å². The molecule has 0 fully saturated rings. The van der Waals surface area contributed by atoms with Crippen LogP contribution in [-0.4, -0.2) is 25.2 Å². The number of halogens is 1. The van der Waals surface area contributed by atoms with Crippen molar-refractivity contribution in [3.05, 3.63) is 59.4 Å². The Morgan fingerprint density at radius 3 is 2.68 bits per heavy atom. The average Bonchev–Trinajstić information content (AvgIpc) is 2.91. The van der Waals surface area contributed by atoms with Gasteiger partial charge >= 0.3 is 0 Å². The van der Waals surface area contributed by atoms with Gasteiger partial charge in [0.15, 0.2) is 0 Å². The van der Waals surface area contributed by atoms with E-state index in [1.807, 2.05) is 42.5 Å². The highest BCUT2D eigenvalue weighted by Gasteiger charge is 2.07. The first-order chi connectivity index (χ1) is 9.33. The Balaban J connectivity index is 1.85. The molecule has 0 saturated carbocycles. The zero-order valence-corrected chi connectivity index (χ0v) is 10.7. The van der Waals surface area contributed by atoms with Crippen molar-refractivity contribution in [2.45, 2.75) is 6.54 Å². The van der Waals surface area contributed by atoms with E-state index in [1.165, 1.54) is 4.80 Å². The number of nitrogens with zero attached hydrogens (tertiary/aromatic N) is 5. The summed E-state index contributed by atoms with van der Waals surface area (Å²) in [4.78, 5) is 5.52. The summed E-state index contributed by atoms with van der Waals surface area (Å²) in [5, 5.41) is 12.8. The predicted molar refractivity (Wildman–Crippen MR) is 71.6 cm³/mol. The van der Waals surface area contributed by atoms with Crippen LogP contribution in [0.3, 0.4) is 0 Å². The average molecular weight is 272 g/mol. The molecule has 0 aliphatic heterocycles. The largest absolute Gasteiger partial charge is 0.244 e. The van der Waals surface area contributed by atoms with E-state index in [2.05, 4.69) is 20.4 Å². The van der Waals surface area contributed by atoms with Crippen molar-refractivity contribution in [2.24, 2.45) is 0 Å². The number of pyridine rings is 1. The molecular weight excluding hydrogens is 262 g/mol. The highest BCUT2D eigenvalue weighted by Crippen LogP contribution is 2.14. The summed E-state index contributed by atoms with van der Waals surface area (Å²) in [5.74, 6) is 0.598. The number of hydrogen-bond donors (Lipinski definition) is 0. The molecule has 0 amide bonds. The zero-order chi connectivity index (χ0) is 13.1. The highest BCUT2D eigenvalue weighted by molar-refractivity contribution is 6.30. The first kappa shape index (κ1) is 11.8. The van der Waals surface area contributed by atoms with Gasteiger partial charge in [-0.1, -0.05) is 48.0 Å². The number of aromatic nitrogens is 5. The minimum atomic E-state index is 0.451. The summed E-state index contributed by atoms with van der Waals surface area (Å²) in [7, 11) is 0. The van der Waals surface area contributed by atoms with E-state index in [0.717, 1.165) is 11.1 Å². The summed E-state index contributed by atoms with van der Waals surface area (Å²) in [6, 6.07) is 13.4. The smallest absolute Gasteiger partial charge is 0.204 e. The normalized spacial score (nSPS) is 10.6. The monoisotopic (exact) mass is 271 g/mol. The molecule has 19 heavy (non-hydrogen) atoms. The number of tetrazole rings is 1. The minimum absolute atomic E-state index is 0.451. The molecule has 94 valence electrons. The molecule has 2 heterocycles. The zero-order valence-electron chi connectivity index (χ0n) is 9.94. The van der Waals surface area contributed by atoms with Crippen LogP contribution in [0.1, 0.15) is 5.56 Å². The predicted octanol–water partition coefficient (Wildman–Crippen LogP) is 2.44. The lowest BCUT2D eigenvalue weighted by molar-refractivity contribution is 0.572. The van der Waals surface area contributed by atoms with E-state index in [0.29, 0.717) is 17.5 Å². The Hall–Kier alpha value is -2.27. The van der Waals surface area contributed by atoms with Crippen molar-refractivity contribution in [3.63, 3.8) is 0 Å². The Kier molecular flexibility index (Phi) is 3.20. The van der Waals surface area contributed by atoms with Crippen LogP contribution in [0.25, 0.3) is 11.4 Å². The Morgan fingerprint density at radius 2 is 1.89 bits per heavy atom. The number of benzene rings is 1. The van der Waals surface area contributed by atoms with Gasteiger partial charge in [-0.15, -0.1) is 10.2 Å². The van der Waals surface area contributed by atoms with Crippen LogP contribution in [0.4, 0.5) is 0 Å². The van der Waals surface area contributed by atoms with Gasteiger partial charge in [0.05, 0.1) is 6.54 Å². The summed E-state index contributed by atoms with van der Waals surface area (Å²) in [6.07, 6.45) is 1.65. The third-order valence-corrected chi connectivity index (χ3v) is 2.97. The lowest BCUT2D eigenvalue weighted by Gasteiger charge is -2.00. The van der Waals surface area contributed by atoms with Crippen LogP contribution >= 0.6 is 11.6 Å². The van der Waals surface area contributed by atoms with Crippen molar-refractivity contribution in [1.29, 1.82) is 0 Å². The van der Waals surface area contributed by atoms with Crippen LogP contribution in [0.15, 0.2) is 48.7 Å². The van der Waals surface area contributed by atoms with Gasteiger partial charge in [-0.2, -0.15) is 4.80 Å². The maximum absolute atomic E-state index is 6.00. The maximum Gasteiger partial charge on any atom is 0.204 e. The van der Waals surface area contributed by atoms with E-state index in [-0.39, 0.29) is 0 Å². The van der Waals surface area contributed by atoms with E-state index in [1.54, 1.807) is 6.20 Å². The van der Waals surface area contributed by atoms with E-state index >= 15 is 0 Å². The topological polar surface area (TPSA) is 56.5 Å². The van der Waals surface area contributed by atoms with Crippen molar-refractivity contribution in [3.8, 4) is 11.4 Å². The lowest BCUT2D eigenvalue weighted by atomic mass is 10.2. The van der Waals surface area contributed by atoms with Crippen LogP contribution in [0, 0.1) is 0 Å². The van der Waals surface area contributed by atoms with Gasteiger partial charge in [0.1, 0.15) is 5.15 Å². The van der Waals surface area contributed by atoms with Gasteiger partial charge < -0.3 is 0 Å². The molecule has 1 aromatic carbocycles. The second-order valence-electron chi connectivity index (χ2n) is 3.96. The molecule has 0 aliphatic carbocycles. The fourth-order valence-electron chi connectivity index (χ4n) is 1.70. The molecule has 0 atom stereocenters. The van der Waals surface area contributed by atoms with Crippen LogP contribution < -0.4 is 0 Å². The Labute approximate surface area is 114 Å². The first-order valence-corrected chi connectivity index (χ1v) is 6.13. The quantitative estimate of drug-likeness (QED) is 0.687. The molecule has 0 aliphatic rings. The summed E-state index contributed by atoms with van der Waals surface area (Å²) >= 11 is 6.00. The minimum Gasteiger partial charge on any atom is -0.244 e. The van der Waals surface area contributed by atoms with E-state index in [4.69, 9.17) is 11.6 Å². The molecule has 0 N–H and O–H groups in total. The Morgan fingerprint density at radius 1 is 1.05 bits per heavy atom. The van der Waals surface area contributed by atoms with Gasteiger partial charge in [-0.05, 0) is 11.3 Å². The van der Waals surface area contributed by atoms with Crippen molar-refractivity contribution < 1.29 is 0 Å². The van der Waals surface area contributed by atoms with E-state index < -0.39 is 0 Å². The molecule has 5 nitrogen and oxygen atoms in total. The Bertz CT molecular complexity index is 680.